The minimum Gasteiger partial charge on any atom is -0.504 e. The van der Waals surface area contributed by atoms with E-state index in [2.05, 4.69) is 0 Å². The summed E-state index contributed by atoms with van der Waals surface area (Å²) in [5, 5.41) is 8.93. The normalized spacial score (nSPS) is 10.5. The van der Waals surface area contributed by atoms with Crippen molar-refractivity contribution in [3.8, 4) is 11.5 Å². The smallest absolute Gasteiger partial charge is 0.308 e. The molecule has 0 atom stereocenters. The highest BCUT2D eigenvalue weighted by Crippen LogP contribution is 2.34. The van der Waals surface area contributed by atoms with Gasteiger partial charge >= 0.3 is 5.97 Å². The van der Waals surface area contributed by atoms with Crippen molar-refractivity contribution < 1.29 is 24.2 Å². The van der Waals surface area contributed by atoms with Crippen LogP contribution < -0.4 is 4.74 Å². The van der Waals surface area contributed by atoms with Gasteiger partial charge in [0.1, 0.15) is 0 Å². The molecule has 0 aliphatic rings. The highest BCUT2D eigenvalue weighted by atomic mass is 35.5. The van der Waals surface area contributed by atoms with Crippen LogP contribution in [0.1, 0.15) is 29.8 Å². The third-order valence-corrected chi connectivity index (χ3v) is 2.29. The number of phenolic OH excluding ortho intramolecular Hbond substituents is 1. The Morgan fingerprint density at radius 2 is 1.89 bits per heavy atom. The molecule has 0 bridgehead atoms. The average Bonchev–Trinajstić information content (AvgIpc) is 2.28. The zero-order valence-electron chi connectivity index (χ0n) is 10.3. The summed E-state index contributed by atoms with van der Waals surface area (Å²) >= 11 is 5.17. The lowest BCUT2D eigenvalue weighted by atomic mass is 10.0. The zero-order chi connectivity index (χ0) is 14.6. The predicted octanol–water partition coefficient (Wildman–Crippen LogP) is 2.30. The Kier molecular flexibility index (Phi) is 4.83. The van der Waals surface area contributed by atoms with Gasteiger partial charge in [0, 0.05) is 6.92 Å². The van der Waals surface area contributed by atoms with Crippen LogP contribution in [-0.2, 0) is 9.59 Å². The lowest BCUT2D eigenvalue weighted by Crippen LogP contribution is -2.08. The number of hydrogen-bond acceptors (Lipinski definition) is 5. The molecule has 0 aliphatic heterocycles. The van der Waals surface area contributed by atoms with E-state index in [0.29, 0.717) is 5.56 Å². The Labute approximate surface area is 114 Å². The van der Waals surface area contributed by atoms with Crippen LogP contribution in [0.5, 0.6) is 11.5 Å². The summed E-state index contributed by atoms with van der Waals surface area (Å²) in [4.78, 5) is 33.3. The van der Waals surface area contributed by atoms with Crippen molar-refractivity contribution in [3.05, 3.63) is 29.3 Å². The van der Waals surface area contributed by atoms with Gasteiger partial charge in [-0.1, -0.05) is 6.07 Å². The van der Waals surface area contributed by atoms with Gasteiger partial charge in [-0.05, 0) is 42.3 Å². The van der Waals surface area contributed by atoms with E-state index < -0.39 is 17.0 Å². The fourth-order valence-electron chi connectivity index (χ4n) is 1.49. The molecule has 1 N–H and O–H groups in total. The van der Waals surface area contributed by atoms with E-state index in [1.807, 2.05) is 0 Å². The van der Waals surface area contributed by atoms with Crippen LogP contribution in [0.15, 0.2) is 18.2 Å². The molecule has 0 saturated carbocycles. The Hall–Kier alpha value is -2.14. The van der Waals surface area contributed by atoms with Crippen molar-refractivity contribution in [1.29, 1.82) is 0 Å². The van der Waals surface area contributed by atoms with Crippen LogP contribution in [0, 0.1) is 0 Å². The number of halogens is 1. The van der Waals surface area contributed by atoms with Gasteiger partial charge in [-0.15, -0.1) is 0 Å². The van der Waals surface area contributed by atoms with E-state index in [1.54, 1.807) is 0 Å². The van der Waals surface area contributed by atoms with Crippen molar-refractivity contribution in [3.63, 3.8) is 0 Å². The van der Waals surface area contributed by atoms with Crippen molar-refractivity contribution in [2.45, 2.75) is 13.8 Å². The van der Waals surface area contributed by atoms with E-state index in [9.17, 15) is 19.5 Å². The number of ketones is 1. The van der Waals surface area contributed by atoms with Crippen LogP contribution in [0.4, 0.5) is 0 Å². The minimum atomic E-state index is -0.711. The maximum absolute atomic E-state index is 11.6. The quantitative estimate of drug-likeness (QED) is 0.301. The molecule has 0 unspecified atom stereocenters. The SMILES string of the molecule is CC(=O)Oc1c(O)ccc(C=CC(=O)Cl)c1C(C)=O. The molecule has 5 nitrogen and oxygen atoms in total. The highest BCUT2D eigenvalue weighted by Gasteiger charge is 2.18. The molecule has 0 spiro atoms. The fraction of sp³-hybridized carbons (Fsp3) is 0.154. The number of ether oxygens (including phenoxy) is 1. The summed E-state index contributed by atoms with van der Waals surface area (Å²) in [6.07, 6.45) is 2.36. The molecule has 1 aromatic rings. The van der Waals surface area contributed by atoms with Gasteiger partial charge < -0.3 is 9.84 Å². The van der Waals surface area contributed by atoms with Crippen LogP contribution >= 0.6 is 11.6 Å². The Balaban J connectivity index is 3.44. The number of esters is 1. The van der Waals surface area contributed by atoms with Crippen molar-refractivity contribution in [2.24, 2.45) is 0 Å². The van der Waals surface area contributed by atoms with Gasteiger partial charge in [0.25, 0.3) is 0 Å². The first-order valence-corrected chi connectivity index (χ1v) is 5.63. The number of phenols is 1. The lowest BCUT2D eigenvalue weighted by Gasteiger charge is -2.11. The molecule has 0 aromatic heterocycles. The number of rotatable bonds is 4. The molecule has 0 fully saturated rings. The molecule has 19 heavy (non-hydrogen) atoms. The molecule has 0 aliphatic carbocycles. The van der Waals surface area contributed by atoms with Crippen molar-refractivity contribution >= 4 is 34.7 Å². The minimum absolute atomic E-state index is 0.00404. The van der Waals surface area contributed by atoms with Gasteiger partial charge in [0.15, 0.2) is 17.3 Å². The average molecular weight is 283 g/mol. The summed E-state index contributed by atoms with van der Waals surface area (Å²) in [6.45, 7) is 2.40. The first-order valence-electron chi connectivity index (χ1n) is 5.25. The number of allylic oxidation sites excluding steroid dienone is 1. The molecule has 0 amide bonds. The summed E-state index contributed by atoms with van der Waals surface area (Å²) in [6, 6.07) is 2.67. The van der Waals surface area contributed by atoms with E-state index in [4.69, 9.17) is 16.3 Å². The first-order chi connectivity index (χ1) is 8.82. The lowest BCUT2D eigenvalue weighted by molar-refractivity contribution is -0.132. The van der Waals surface area contributed by atoms with E-state index in [1.165, 1.54) is 25.1 Å². The van der Waals surface area contributed by atoms with E-state index in [0.717, 1.165) is 13.0 Å². The summed E-state index contributed by atoms with van der Waals surface area (Å²) < 4.78 is 4.82. The second kappa shape index (κ2) is 6.15. The second-order valence-corrected chi connectivity index (χ2v) is 4.04. The molecule has 0 heterocycles. The molecular formula is C13H11ClO5. The summed E-state index contributed by atoms with van der Waals surface area (Å²) in [5.74, 6) is -1.67. The topological polar surface area (TPSA) is 80.7 Å². The molecule has 1 rings (SSSR count). The van der Waals surface area contributed by atoms with Crippen LogP contribution in [0.25, 0.3) is 6.08 Å². The number of aromatic hydroxyl groups is 1. The Morgan fingerprint density at radius 1 is 1.26 bits per heavy atom. The molecule has 0 saturated heterocycles. The number of hydrogen-bond donors (Lipinski definition) is 1. The number of carbonyl (C=O) groups excluding carboxylic acids is 3. The highest BCUT2D eigenvalue weighted by molar-refractivity contribution is 6.66. The molecular weight excluding hydrogens is 272 g/mol. The zero-order valence-corrected chi connectivity index (χ0v) is 11.0. The van der Waals surface area contributed by atoms with Gasteiger partial charge in [0.05, 0.1) is 5.56 Å². The number of Topliss-reactive ketones (excluding diaryl/α,β-unsaturated/α-hetero) is 1. The van der Waals surface area contributed by atoms with Crippen molar-refractivity contribution in [1.82, 2.24) is 0 Å². The molecule has 6 heteroatoms. The molecule has 0 radical (unpaired) electrons. The van der Waals surface area contributed by atoms with Crippen molar-refractivity contribution in [2.75, 3.05) is 0 Å². The van der Waals surface area contributed by atoms with Gasteiger partial charge in [-0.25, -0.2) is 0 Å². The van der Waals surface area contributed by atoms with Gasteiger partial charge in [0.2, 0.25) is 5.24 Å². The summed E-state index contributed by atoms with van der Waals surface area (Å²) in [5.41, 5.74) is 0.319. The fourth-order valence-corrected chi connectivity index (χ4v) is 1.55. The second-order valence-electron chi connectivity index (χ2n) is 3.67. The van der Waals surface area contributed by atoms with Crippen LogP contribution in [0.2, 0.25) is 0 Å². The maximum atomic E-state index is 11.6. The Bertz CT molecular complexity index is 575. The first kappa shape index (κ1) is 14.9. The third-order valence-electron chi connectivity index (χ3n) is 2.16. The predicted molar refractivity (Wildman–Crippen MR) is 69.3 cm³/mol. The number of carbonyl (C=O) groups is 3. The van der Waals surface area contributed by atoms with E-state index >= 15 is 0 Å². The van der Waals surface area contributed by atoms with E-state index in [-0.39, 0.29) is 17.1 Å². The maximum Gasteiger partial charge on any atom is 0.308 e. The Morgan fingerprint density at radius 3 is 2.37 bits per heavy atom. The largest absolute Gasteiger partial charge is 0.504 e. The van der Waals surface area contributed by atoms with Gasteiger partial charge in [-0.3, -0.25) is 14.4 Å². The van der Waals surface area contributed by atoms with Crippen LogP contribution in [-0.4, -0.2) is 22.1 Å². The van der Waals surface area contributed by atoms with Crippen LogP contribution in [0.3, 0.4) is 0 Å². The number of benzene rings is 1. The third kappa shape index (κ3) is 3.93. The molecule has 1 aromatic carbocycles. The molecule has 100 valence electrons. The summed E-state index contributed by atoms with van der Waals surface area (Å²) in [7, 11) is 0. The monoisotopic (exact) mass is 282 g/mol. The standard InChI is InChI=1S/C13H11ClO5/c1-7(15)12-9(4-6-11(14)18)3-5-10(17)13(12)19-8(2)16/h3-6,17H,1-2H3. The van der Waals surface area contributed by atoms with Gasteiger partial charge in [-0.2, -0.15) is 0 Å².